The number of ether oxygens (including phenoxy) is 8. The number of carboxylic acid groups (broad SMARTS) is 2. The lowest BCUT2D eigenvalue weighted by atomic mass is 9.94. The standard InChI is InChI=1S/C31H48N2O29S2/c1-4-5-53-28-12(32-8(2)36)21(19(10(6-34)54-28)61-63(47,48)49)56-31-18(42)16(40)23(25(60-31)27(45)46)58-29-13(33-9(3)37)22(20(11(7-35)55-29)62-64(50,51)52)57-30-17(41)14(38)15(39)24(59-30)26(43)44/h4,10-25,28-31,34-35,38-42H,1,5-7H2,2-3H3,(H,32,36)(H,33,37)(H,43,44)(H,45,46)(H,47,48,49)(H,50,51,52). The average molecular weight is 977 g/mol. The number of nitrogens with one attached hydrogen (secondary N) is 2. The Morgan fingerprint density at radius 3 is 1.39 bits per heavy atom. The summed E-state index contributed by atoms with van der Waals surface area (Å²) in [6, 6.07) is -3.84. The summed E-state index contributed by atoms with van der Waals surface area (Å²) in [4.78, 5) is 49.4. The van der Waals surface area contributed by atoms with Crippen molar-refractivity contribution < 1.29 is 137 Å². The molecule has 4 aliphatic rings. The van der Waals surface area contributed by atoms with Crippen molar-refractivity contribution in [2.24, 2.45) is 0 Å². The van der Waals surface area contributed by atoms with Crippen LogP contribution in [0.5, 0.6) is 0 Å². The molecule has 4 rings (SSSR count). The summed E-state index contributed by atoms with van der Waals surface area (Å²) >= 11 is 0. The van der Waals surface area contributed by atoms with Crippen molar-refractivity contribution in [3.63, 3.8) is 0 Å². The van der Waals surface area contributed by atoms with Crippen LogP contribution in [0.15, 0.2) is 12.7 Å². The molecular formula is C31H48N2O29S2. The van der Waals surface area contributed by atoms with Gasteiger partial charge < -0.3 is 94.5 Å². The van der Waals surface area contributed by atoms with Crippen LogP contribution in [-0.4, -0.2) is 238 Å². The van der Waals surface area contributed by atoms with Crippen molar-refractivity contribution in [3.05, 3.63) is 12.7 Å². The van der Waals surface area contributed by atoms with Gasteiger partial charge in [0.25, 0.3) is 0 Å². The fourth-order valence-corrected chi connectivity index (χ4v) is 8.09. The van der Waals surface area contributed by atoms with Crippen molar-refractivity contribution in [2.75, 3.05) is 19.8 Å². The topological polar surface area (TPSA) is 475 Å². The Kier molecular flexibility index (Phi) is 18.4. The second-order valence-corrected chi connectivity index (χ2v) is 16.4. The largest absolute Gasteiger partial charge is 0.479 e. The molecule has 0 saturated carbocycles. The lowest BCUT2D eigenvalue weighted by Crippen LogP contribution is -2.71. The molecule has 368 valence electrons. The van der Waals surface area contributed by atoms with Crippen molar-refractivity contribution >= 4 is 44.6 Å². The van der Waals surface area contributed by atoms with Crippen molar-refractivity contribution in [1.82, 2.24) is 10.6 Å². The van der Waals surface area contributed by atoms with E-state index in [2.05, 4.69) is 25.6 Å². The minimum absolute atomic E-state index is 0.312. The number of carbonyl (C=O) groups excluding carboxylic acids is 2. The van der Waals surface area contributed by atoms with Crippen LogP contribution in [0.4, 0.5) is 0 Å². The van der Waals surface area contributed by atoms with Gasteiger partial charge in [-0.15, -0.1) is 6.58 Å². The molecule has 64 heavy (non-hydrogen) atoms. The van der Waals surface area contributed by atoms with E-state index in [4.69, 9.17) is 37.9 Å². The lowest BCUT2D eigenvalue weighted by molar-refractivity contribution is -0.367. The van der Waals surface area contributed by atoms with Crippen LogP contribution < -0.4 is 10.6 Å². The quantitative estimate of drug-likeness (QED) is 0.0422. The number of aliphatic carboxylic acids is 2. The summed E-state index contributed by atoms with van der Waals surface area (Å²) in [5.41, 5.74) is 0. The van der Waals surface area contributed by atoms with Crippen molar-refractivity contribution in [1.29, 1.82) is 0 Å². The highest BCUT2D eigenvalue weighted by molar-refractivity contribution is 7.81. The highest BCUT2D eigenvalue weighted by Gasteiger charge is 2.59. The van der Waals surface area contributed by atoms with E-state index in [1.165, 1.54) is 6.08 Å². The highest BCUT2D eigenvalue weighted by atomic mass is 32.3. The van der Waals surface area contributed by atoms with Gasteiger partial charge in [0.05, 0.1) is 19.8 Å². The normalized spacial score (nSPS) is 40.8. The maximum absolute atomic E-state index is 12.8. The van der Waals surface area contributed by atoms with Crippen LogP contribution in [0.1, 0.15) is 13.8 Å². The maximum Gasteiger partial charge on any atom is 0.397 e. The lowest BCUT2D eigenvalue weighted by Gasteiger charge is -2.50. The Hall–Kier alpha value is -3.24. The zero-order valence-electron chi connectivity index (χ0n) is 33.0. The number of hydrogen-bond donors (Lipinski definition) is 13. The van der Waals surface area contributed by atoms with Gasteiger partial charge in [0.2, 0.25) is 11.8 Å². The molecule has 4 saturated heterocycles. The van der Waals surface area contributed by atoms with E-state index in [-0.39, 0.29) is 6.61 Å². The van der Waals surface area contributed by atoms with Gasteiger partial charge in [-0.05, 0) is 0 Å². The van der Waals surface area contributed by atoms with Crippen molar-refractivity contribution in [3.8, 4) is 0 Å². The molecule has 0 aliphatic carbocycles. The molecule has 31 nitrogen and oxygen atoms in total. The van der Waals surface area contributed by atoms with Gasteiger partial charge in [0.15, 0.2) is 37.4 Å². The van der Waals surface area contributed by atoms with Crippen LogP contribution in [-0.2, 0) is 86.2 Å². The summed E-state index contributed by atoms with van der Waals surface area (Å²) in [7, 11) is -11.1. The van der Waals surface area contributed by atoms with E-state index in [1.807, 2.05) is 0 Å². The highest BCUT2D eigenvalue weighted by Crippen LogP contribution is 2.36. The van der Waals surface area contributed by atoms with E-state index in [0.29, 0.717) is 0 Å². The Morgan fingerprint density at radius 1 is 0.578 bits per heavy atom. The molecule has 33 heteroatoms. The van der Waals surface area contributed by atoms with Gasteiger partial charge in [-0.3, -0.25) is 18.7 Å². The molecule has 4 fully saturated rings. The molecule has 0 spiro atoms. The Balaban J connectivity index is 1.75. The first-order valence-electron chi connectivity index (χ1n) is 18.5. The van der Waals surface area contributed by atoms with Crippen LogP contribution in [0, 0.1) is 0 Å². The van der Waals surface area contributed by atoms with Gasteiger partial charge in [-0.1, -0.05) is 6.08 Å². The Bertz CT molecular complexity index is 1880. The summed E-state index contributed by atoms with van der Waals surface area (Å²) in [6.45, 7) is 2.54. The van der Waals surface area contributed by atoms with Gasteiger partial charge in [0, 0.05) is 13.8 Å². The van der Waals surface area contributed by atoms with Crippen molar-refractivity contribution in [2.45, 2.75) is 137 Å². The van der Waals surface area contributed by atoms with E-state index in [0.717, 1.165) is 13.8 Å². The smallest absolute Gasteiger partial charge is 0.397 e. The first-order chi connectivity index (χ1) is 29.7. The number of carboxylic acids is 2. The minimum atomic E-state index is -5.60. The fourth-order valence-electron chi connectivity index (χ4n) is 7.06. The van der Waals surface area contributed by atoms with Crippen LogP contribution in [0.3, 0.4) is 0 Å². The van der Waals surface area contributed by atoms with Gasteiger partial charge in [-0.2, -0.15) is 16.8 Å². The number of hydrogen-bond acceptors (Lipinski definition) is 25. The molecule has 2 amide bonds. The molecule has 20 unspecified atom stereocenters. The van der Waals surface area contributed by atoms with Gasteiger partial charge in [0.1, 0.15) is 85.3 Å². The maximum atomic E-state index is 12.8. The van der Waals surface area contributed by atoms with E-state index < -0.39 is 180 Å². The summed E-state index contributed by atoms with van der Waals surface area (Å²) in [5.74, 6) is -5.88. The van der Waals surface area contributed by atoms with E-state index in [9.17, 15) is 91.1 Å². The first kappa shape index (κ1) is 53.4. The summed E-state index contributed by atoms with van der Waals surface area (Å²) in [5, 5.41) is 98.6. The molecular weight excluding hydrogens is 928 g/mol. The second kappa shape index (κ2) is 22.0. The van der Waals surface area contributed by atoms with E-state index in [1.54, 1.807) is 0 Å². The number of aliphatic hydroxyl groups excluding tert-OH is 7. The molecule has 0 aromatic rings. The Morgan fingerprint density at radius 2 is 0.984 bits per heavy atom. The molecule has 0 aromatic carbocycles. The molecule has 0 bridgehead atoms. The molecule has 4 aliphatic heterocycles. The molecule has 0 radical (unpaired) electrons. The third-order valence-electron chi connectivity index (χ3n) is 9.71. The van der Waals surface area contributed by atoms with Crippen LogP contribution in [0.25, 0.3) is 0 Å². The third kappa shape index (κ3) is 13.0. The second-order valence-electron chi connectivity index (χ2n) is 14.3. The number of rotatable bonds is 19. The molecule has 20 atom stereocenters. The van der Waals surface area contributed by atoms with Crippen LogP contribution in [0.2, 0.25) is 0 Å². The Labute approximate surface area is 361 Å². The fraction of sp³-hybridized carbons (Fsp3) is 0.806. The predicted octanol–water partition coefficient (Wildman–Crippen LogP) is -8.41. The predicted molar refractivity (Wildman–Crippen MR) is 193 cm³/mol. The zero-order valence-corrected chi connectivity index (χ0v) is 34.7. The number of amides is 2. The number of aliphatic hydroxyl groups is 7. The monoisotopic (exact) mass is 976 g/mol. The third-order valence-corrected chi connectivity index (χ3v) is 10.6. The zero-order chi connectivity index (χ0) is 48.2. The molecule has 4 heterocycles. The van der Waals surface area contributed by atoms with E-state index >= 15 is 0 Å². The van der Waals surface area contributed by atoms with Gasteiger partial charge in [-0.25, -0.2) is 18.0 Å². The number of carbonyl (C=O) groups is 4. The average Bonchev–Trinajstić information content (AvgIpc) is 3.18. The van der Waals surface area contributed by atoms with Crippen LogP contribution >= 0.6 is 0 Å². The van der Waals surface area contributed by atoms with Gasteiger partial charge >= 0.3 is 32.7 Å². The minimum Gasteiger partial charge on any atom is -0.479 e. The molecule has 0 aromatic heterocycles. The first-order valence-corrected chi connectivity index (χ1v) is 21.2. The summed E-state index contributed by atoms with van der Waals surface area (Å²) < 4.78 is 121. The molecule has 13 N–H and O–H groups in total. The SMILES string of the molecule is C=CCOC1OC(CO)C(OS(=O)(=O)O)C(OC2OC(C(=O)O)C(OC3OC(CO)C(OS(=O)(=O)O)C(OC4OC(C(=O)O)C(O)C(O)C4O)C3NC(C)=O)C(O)C2O)C1NC(C)=O. The summed E-state index contributed by atoms with van der Waals surface area (Å²) in [6.07, 6.45) is -39.7.